The molecule has 0 saturated carbocycles. The molecule has 1 atom stereocenters. The van der Waals surface area contributed by atoms with Gasteiger partial charge < -0.3 is 14.1 Å². The number of nitrogens with zero attached hydrogens (tertiary/aromatic N) is 1. The van der Waals surface area contributed by atoms with Gasteiger partial charge >= 0.3 is 5.63 Å². The van der Waals surface area contributed by atoms with Crippen LogP contribution in [0, 0.1) is 0 Å². The molecular weight excluding hydrogens is 302 g/mol. The largest absolute Gasteiger partial charge is 0.486 e. The van der Waals surface area contributed by atoms with Crippen LogP contribution in [0.15, 0.2) is 69.9 Å². The minimum atomic E-state index is -0.355. The standard InChI is InChI=1S/C20H21NO3/c1-21(2)13-12-18(15-6-4-3-5-7-15)23-17-10-8-16-9-11-20(22)24-19(16)14-17/h3-11,14,18H,12-13H2,1-2H3. The highest BCUT2D eigenvalue weighted by Gasteiger charge is 2.14. The van der Waals surface area contributed by atoms with Crippen molar-refractivity contribution in [2.24, 2.45) is 0 Å². The fourth-order valence-electron chi connectivity index (χ4n) is 2.62. The van der Waals surface area contributed by atoms with Crippen LogP contribution in [-0.4, -0.2) is 25.5 Å². The maximum absolute atomic E-state index is 11.4. The molecule has 3 rings (SSSR count). The zero-order valence-corrected chi connectivity index (χ0v) is 13.9. The van der Waals surface area contributed by atoms with Crippen LogP contribution in [0.4, 0.5) is 0 Å². The lowest BCUT2D eigenvalue weighted by molar-refractivity contribution is 0.179. The van der Waals surface area contributed by atoms with Crippen LogP contribution >= 0.6 is 0 Å². The number of fused-ring (bicyclic) bond motifs is 1. The average molecular weight is 323 g/mol. The van der Waals surface area contributed by atoms with Crippen molar-refractivity contribution in [1.82, 2.24) is 4.90 Å². The second-order valence-electron chi connectivity index (χ2n) is 6.06. The van der Waals surface area contributed by atoms with Gasteiger partial charge in [0.15, 0.2) is 0 Å². The first-order chi connectivity index (χ1) is 11.6. The number of ether oxygens (including phenoxy) is 1. The Bertz CT molecular complexity index is 855. The van der Waals surface area contributed by atoms with Crippen molar-refractivity contribution in [3.05, 3.63) is 76.6 Å². The van der Waals surface area contributed by atoms with E-state index in [1.54, 1.807) is 12.1 Å². The Morgan fingerprint density at radius 3 is 2.54 bits per heavy atom. The van der Waals surface area contributed by atoms with E-state index in [1.165, 1.54) is 6.07 Å². The first-order valence-corrected chi connectivity index (χ1v) is 8.02. The molecule has 2 aromatic carbocycles. The van der Waals surface area contributed by atoms with Crippen LogP contribution in [0.1, 0.15) is 18.1 Å². The van der Waals surface area contributed by atoms with Crippen molar-refractivity contribution in [3.63, 3.8) is 0 Å². The summed E-state index contributed by atoms with van der Waals surface area (Å²) in [6.07, 6.45) is 0.815. The smallest absolute Gasteiger partial charge is 0.336 e. The number of rotatable bonds is 6. The minimum Gasteiger partial charge on any atom is -0.486 e. The third-order valence-corrected chi connectivity index (χ3v) is 3.88. The Labute approximate surface area is 141 Å². The minimum absolute atomic E-state index is 0.0542. The monoisotopic (exact) mass is 323 g/mol. The molecule has 0 fully saturated rings. The average Bonchev–Trinajstić information content (AvgIpc) is 2.58. The van der Waals surface area contributed by atoms with Gasteiger partial charge in [0.25, 0.3) is 0 Å². The van der Waals surface area contributed by atoms with Crippen molar-refractivity contribution in [3.8, 4) is 5.75 Å². The zero-order chi connectivity index (χ0) is 16.9. The van der Waals surface area contributed by atoms with Crippen molar-refractivity contribution in [2.45, 2.75) is 12.5 Å². The first kappa shape index (κ1) is 16.3. The van der Waals surface area contributed by atoms with E-state index in [0.29, 0.717) is 11.3 Å². The highest BCUT2D eigenvalue weighted by molar-refractivity contribution is 5.77. The van der Waals surface area contributed by atoms with Crippen LogP contribution in [0.25, 0.3) is 11.0 Å². The van der Waals surface area contributed by atoms with Gasteiger partial charge in [0, 0.05) is 30.5 Å². The van der Waals surface area contributed by atoms with E-state index in [9.17, 15) is 4.79 Å². The summed E-state index contributed by atoms with van der Waals surface area (Å²) in [5, 5.41) is 0.881. The lowest BCUT2D eigenvalue weighted by Crippen LogP contribution is -2.18. The summed E-state index contributed by atoms with van der Waals surface area (Å²) < 4.78 is 11.5. The van der Waals surface area contributed by atoms with Crippen LogP contribution in [0.3, 0.4) is 0 Å². The lowest BCUT2D eigenvalue weighted by Gasteiger charge is -2.21. The van der Waals surface area contributed by atoms with E-state index in [0.717, 1.165) is 23.9 Å². The Kier molecular flexibility index (Phi) is 4.96. The molecule has 1 heterocycles. The first-order valence-electron chi connectivity index (χ1n) is 8.02. The van der Waals surface area contributed by atoms with Crippen molar-refractivity contribution in [2.75, 3.05) is 20.6 Å². The molecule has 0 saturated heterocycles. The molecule has 0 amide bonds. The summed E-state index contributed by atoms with van der Waals surface area (Å²) >= 11 is 0. The van der Waals surface area contributed by atoms with Crippen molar-refractivity contribution in [1.29, 1.82) is 0 Å². The van der Waals surface area contributed by atoms with Gasteiger partial charge in [0.1, 0.15) is 17.4 Å². The number of hydrogen-bond donors (Lipinski definition) is 0. The molecule has 0 aliphatic carbocycles. The summed E-state index contributed by atoms with van der Waals surface area (Å²) in [7, 11) is 4.10. The summed E-state index contributed by atoms with van der Waals surface area (Å²) in [4.78, 5) is 13.5. The quantitative estimate of drug-likeness (QED) is 0.646. The topological polar surface area (TPSA) is 42.7 Å². The summed E-state index contributed by atoms with van der Waals surface area (Å²) in [6, 6.07) is 18.9. The van der Waals surface area contributed by atoms with Crippen LogP contribution in [-0.2, 0) is 0 Å². The molecule has 4 heteroatoms. The molecule has 0 aliphatic rings. The Morgan fingerprint density at radius 2 is 1.79 bits per heavy atom. The molecule has 0 spiro atoms. The molecule has 0 aliphatic heterocycles. The Balaban J connectivity index is 1.87. The third-order valence-electron chi connectivity index (χ3n) is 3.88. The lowest BCUT2D eigenvalue weighted by atomic mass is 10.1. The molecule has 0 bridgehead atoms. The number of hydrogen-bond acceptors (Lipinski definition) is 4. The maximum Gasteiger partial charge on any atom is 0.336 e. The van der Waals surface area contributed by atoms with Gasteiger partial charge in [-0.2, -0.15) is 0 Å². The third kappa shape index (κ3) is 4.03. The zero-order valence-electron chi connectivity index (χ0n) is 13.9. The van der Waals surface area contributed by atoms with Gasteiger partial charge in [-0.25, -0.2) is 4.79 Å². The summed E-state index contributed by atoms with van der Waals surface area (Å²) in [6.45, 7) is 0.919. The highest BCUT2D eigenvalue weighted by atomic mass is 16.5. The highest BCUT2D eigenvalue weighted by Crippen LogP contribution is 2.27. The number of benzene rings is 2. The predicted octanol–water partition coefficient (Wildman–Crippen LogP) is 3.86. The summed E-state index contributed by atoms with van der Waals surface area (Å²) in [5.41, 5.74) is 1.32. The molecule has 124 valence electrons. The van der Waals surface area contributed by atoms with Crippen LogP contribution in [0.2, 0.25) is 0 Å². The van der Waals surface area contributed by atoms with Gasteiger partial charge in [0.05, 0.1) is 0 Å². The fraction of sp³-hybridized carbons (Fsp3) is 0.250. The van der Waals surface area contributed by atoms with E-state index in [-0.39, 0.29) is 11.7 Å². The van der Waals surface area contributed by atoms with Gasteiger partial charge in [0.2, 0.25) is 0 Å². The predicted molar refractivity (Wildman–Crippen MR) is 95.5 cm³/mol. The van der Waals surface area contributed by atoms with Crippen molar-refractivity contribution < 1.29 is 9.15 Å². The van der Waals surface area contributed by atoms with E-state index in [2.05, 4.69) is 17.0 Å². The van der Waals surface area contributed by atoms with Gasteiger partial charge in [-0.1, -0.05) is 30.3 Å². The van der Waals surface area contributed by atoms with E-state index in [1.807, 2.05) is 44.4 Å². The van der Waals surface area contributed by atoms with E-state index < -0.39 is 0 Å². The normalized spacial score (nSPS) is 12.5. The van der Waals surface area contributed by atoms with Gasteiger partial charge in [-0.3, -0.25) is 0 Å². The van der Waals surface area contributed by atoms with E-state index >= 15 is 0 Å². The molecule has 0 radical (unpaired) electrons. The van der Waals surface area contributed by atoms with E-state index in [4.69, 9.17) is 9.15 Å². The van der Waals surface area contributed by atoms with Crippen molar-refractivity contribution >= 4 is 11.0 Å². The maximum atomic E-state index is 11.4. The molecule has 1 aromatic heterocycles. The molecule has 4 nitrogen and oxygen atoms in total. The van der Waals surface area contributed by atoms with Crippen LogP contribution < -0.4 is 10.4 Å². The second kappa shape index (κ2) is 7.32. The summed E-state index contributed by atoms with van der Waals surface area (Å²) in [5.74, 6) is 0.699. The fourth-order valence-corrected chi connectivity index (χ4v) is 2.62. The molecule has 3 aromatic rings. The Hall–Kier alpha value is -2.59. The molecule has 24 heavy (non-hydrogen) atoms. The van der Waals surface area contributed by atoms with Gasteiger partial charge in [-0.05, 0) is 37.9 Å². The van der Waals surface area contributed by atoms with Gasteiger partial charge in [-0.15, -0.1) is 0 Å². The molecule has 1 unspecified atom stereocenters. The SMILES string of the molecule is CN(C)CCC(Oc1ccc2ccc(=O)oc2c1)c1ccccc1. The van der Waals surface area contributed by atoms with Crippen LogP contribution in [0.5, 0.6) is 5.75 Å². The molecular formula is C20H21NO3. The molecule has 0 N–H and O–H groups in total. The second-order valence-corrected chi connectivity index (χ2v) is 6.06. The Morgan fingerprint density at radius 1 is 1.04 bits per heavy atom.